The predicted octanol–water partition coefficient (Wildman–Crippen LogP) is 6.36. The van der Waals surface area contributed by atoms with Crippen molar-refractivity contribution in [3.05, 3.63) is 76.1 Å². The zero-order chi connectivity index (χ0) is 23.8. The molecule has 33 heavy (non-hydrogen) atoms. The zero-order valence-corrected chi connectivity index (χ0v) is 20.9. The Bertz CT molecular complexity index is 1200. The number of non-ortho nitro benzene ring substituents is 1. The number of aromatic nitrogens is 2. The van der Waals surface area contributed by atoms with Crippen LogP contribution in [0.25, 0.3) is 5.69 Å². The molecule has 1 saturated heterocycles. The molecule has 3 aromatic rings. The Kier molecular flexibility index (Phi) is 6.30. The van der Waals surface area contributed by atoms with Crippen molar-refractivity contribution < 1.29 is 4.92 Å². The summed E-state index contributed by atoms with van der Waals surface area (Å²) in [6.45, 7) is 13.0. The molecule has 1 fully saturated rings. The van der Waals surface area contributed by atoms with E-state index in [0.717, 1.165) is 48.7 Å². The highest BCUT2D eigenvalue weighted by molar-refractivity contribution is 7.73. The molecule has 0 unspecified atom stereocenters. The molecule has 0 aliphatic carbocycles. The summed E-state index contributed by atoms with van der Waals surface area (Å²) in [5.74, 6) is 0. The highest BCUT2D eigenvalue weighted by Gasteiger charge is 2.45. The number of rotatable bonds is 5. The van der Waals surface area contributed by atoms with E-state index in [1.54, 1.807) is 24.3 Å². The second-order valence-corrected chi connectivity index (χ2v) is 13.3. The van der Waals surface area contributed by atoms with Crippen molar-refractivity contribution in [2.75, 3.05) is 13.1 Å². The van der Waals surface area contributed by atoms with Crippen LogP contribution in [0.5, 0.6) is 0 Å². The molecule has 0 amide bonds. The first-order valence-corrected chi connectivity index (χ1v) is 13.1. The molecule has 1 atom stereocenters. The highest BCUT2D eigenvalue weighted by atomic mass is 31.2. The number of nitro benzene ring substituents is 1. The summed E-state index contributed by atoms with van der Waals surface area (Å²) in [5.41, 5.74) is 4.01. The van der Waals surface area contributed by atoms with Crippen LogP contribution >= 0.6 is 7.21 Å². The first-order valence-electron chi connectivity index (χ1n) is 11.4. The van der Waals surface area contributed by atoms with E-state index in [0.29, 0.717) is 0 Å². The smallest absolute Gasteiger partial charge is 0.265 e. The van der Waals surface area contributed by atoms with E-state index < -0.39 is 7.21 Å². The molecular weight excluding hydrogens is 433 g/mol. The second-order valence-electron chi connectivity index (χ2n) is 9.57. The number of benzene rings is 2. The molecule has 0 N–H and O–H groups in total. The first-order chi connectivity index (χ1) is 15.6. The molecule has 0 bridgehead atoms. The number of nitrogens with zero attached hydrogens (tertiary/aromatic N) is 5. The number of para-hydroxylation sites is 1. The van der Waals surface area contributed by atoms with E-state index in [1.807, 2.05) is 22.9 Å². The Morgan fingerprint density at radius 2 is 1.61 bits per heavy atom. The van der Waals surface area contributed by atoms with Crippen molar-refractivity contribution >= 4 is 23.9 Å². The van der Waals surface area contributed by atoms with Crippen LogP contribution in [0.1, 0.15) is 45.0 Å². The van der Waals surface area contributed by atoms with Crippen molar-refractivity contribution in [2.24, 2.45) is 4.74 Å². The van der Waals surface area contributed by atoms with Gasteiger partial charge < -0.3 is 0 Å². The number of aryl methyl sites for hydroxylation is 1. The summed E-state index contributed by atoms with van der Waals surface area (Å²) in [7, 11) is -2.31. The van der Waals surface area contributed by atoms with Gasteiger partial charge in [-0.05, 0) is 51.0 Å². The zero-order valence-electron chi connectivity index (χ0n) is 20.0. The lowest BCUT2D eigenvalue weighted by Gasteiger charge is -2.44. The fourth-order valence-corrected chi connectivity index (χ4v) is 9.57. The third kappa shape index (κ3) is 4.16. The third-order valence-electron chi connectivity index (χ3n) is 6.31. The summed E-state index contributed by atoms with van der Waals surface area (Å²) < 4.78 is 10.1. The van der Waals surface area contributed by atoms with Crippen molar-refractivity contribution in [1.82, 2.24) is 14.5 Å². The minimum atomic E-state index is -2.31. The maximum Gasteiger partial charge on any atom is 0.269 e. The quantitative estimate of drug-likeness (QED) is 0.249. The van der Waals surface area contributed by atoms with Gasteiger partial charge in [-0.15, -0.1) is 0 Å². The van der Waals surface area contributed by atoms with Gasteiger partial charge in [0.2, 0.25) is 0 Å². The molecule has 1 aromatic heterocycles. The molecule has 1 aliphatic rings. The summed E-state index contributed by atoms with van der Waals surface area (Å²) >= 11 is 0. The van der Waals surface area contributed by atoms with Gasteiger partial charge >= 0.3 is 0 Å². The van der Waals surface area contributed by atoms with E-state index in [9.17, 15) is 10.1 Å². The fourth-order valence-electron chi connectivity index (χ4n) is 4.87. The van der Waals surface area contributed by atoms with Gasteiger partial charge in [0, 0.05) is 30.4 Å². The predicted molar refractivity (Wildman–Crippen MR) is 135 cm³/mol. The van der Waals surface area contributed by atoms with Gasteiger partial charge in [0.1, 0.15) is 0 Å². The molecule has 2 heterocycles. The molecule has 8 heteroatoms. The lowest BCUT2D eigenvalue weighted by molar-refractivity contribution is -0.384. The topological polar surface area (TPSA) is 76.6 Å². The molecule has 1 aliphatic heterocycles. The maximum absolute atomic E-state index is 11.2. The molecule has 0 saturated carbocycles. The average Bonchev–Trinajstić information content (AvgIpc) is 3.41. The summed E-state index contributed by atoms with van der Waals surface area (Å²) in [4.78, 5) is 10.8. The van der Waals surface area contributed by atoms with Crippen LogP contribution in [0.2, 0.25) is 0 Å². The van der Waals surface area contributed by atoms with Crippen LogP contribution in [0, 0.1) is 24.0 Å². The lowest BCUT2D eigenvalue weighted by Crippen LogP contribution is -2.36. The molecule has 7 nitrogen and oxygen atoms in total. The molecule has 2 aromatic carbocycles. The van der Waals surface area contributed by atoms with Crippen molar-refractivity contribution in [3.63, 3.8) is 0 Å². The second kappa shape index (κ2) is 8.88. The number of hydrogen-bond donors (Lipinski definition) is 0. The van der Waals surface area contributed by atoms with Crippen LogP contribution in [0.3, 0.4) is 0 Å². The van der Waals surface area contributed by atoms with Crippen LogP contribution in [0.4, 0.5) is 11.4 Å². The van der Waals surface area contributed by atoms with E-state index in [2.05, 4.69) is 51.4 Å². The van der Waals surface area contributed by atoms with Crippen molar-refractivity contribution in [1.29, 1.82) is 0 Å². The minimum Gasteiger partial charge on any atom is -0.265 e. The Morgan fingerprint density at radius 3 is 2.15 bits per heavy atom. The Hall–Kier alpha value is -2.76. The van der Waals surface area contributed by atoms with Gasteiger partial charge in [0.25, 0.3) is 5.69 Å². The number of hydrogen-bond acceptors (Lipinski definition) is 4. The number of nitro groups is 1. The summed E-state index contributed by atoms with van der Waals surface area (Å²) in [6, 6.07) is 16.9. The summed E-state index contributed by atoms with van der Waals surface area (Å²) in [5, 5.41) is 17.2. The van der Waals surface area contributed by atoms with Gasteiger partial charge in [-0.3, -0.25) is 14.8 Å². The van der Waals surface area contributed by atoms with Gasteiger partial charge in [-0.1, -0.05) is 39.0 Å². The maximum atomic E-state index is 11.2. The van der Waals surface area contributed by atoms with Crippen molar-refractivity contribution in [3.8, 4) is 5.69 Å². The molecule has 0 spiro atoms. The van der Waals surface area contributed by atoms with Gasteiger partial charge in [-0.25, -0.2) is 9.43 Å². The van der Waals surface area contributed by atoms with Gasteiger partial charge in [-0.2, -0.15) is 5.10 Å². The Labute approximate surface area is 195 Å². The largest absolute Gasteiger partial charge is 0.269 e. The third-order valence-corrected chi connectivity index (χ3v) is 11.2. The molecule has 0 radical (unpaired) electrons. The average molecular weight is 466 g/mol. The highest BCUT2D eigenvalue weighted by Crippen LogP contribution is 2.65. The summed E-state index contributed by atoms with van der Waals surface area (Å²) in [6.07, 6.45) is 2.30. The van der Waals surface area contributed by atoms with Crippen molar-refractivity contribution in [2.45, 2.75) is 52.6 Å². The standard InChI is InChI=1S/C25H32N5O2P/c1-19-24(20(2)29(26-19)22-11-7-6-8-12-22)33(25(3,4)5,28-17-9-10-18-28)27-21-13-15-23(16-14-21)30(31)32/h6-8,11-16H,9-10,17-18H2,1-5H3/t33-/m1/s1. The van der Waals surface area contributed by atoms with E-state index in [4.69, 9.17) is 9.84 Å². The fraction of sp³-hybridized carbons (Fsp3) is 0.400. The minimum absolute atomic E-state index is 0.0825. The normalized spacial score (nSPS) is 16.5. The SMILES string of the molecule is Cc1nn(-c2ccccc2)c(C)c1[P@@](=Nc1ccc([N+](=O)[O-])cc1)(N1CCCC1)C(C)(C)C. The Morgan fingerprint density at radius 1 is 1.00 bits per heavy atom. The van der Waals surface area contributed by atoms with Crippen LogP contribution in [0.15, 0.2) is 59.3 Å². The molecule has 174 valence electrons. The van der Waals surface area contributed by atoms with Crippen LogP contribution < -0.4 is 5.30 Å². The molecule has 4 rings (SSSR count). The molecular formula is C25H32N5O2P. The monoisotopic (exact) mass is 465 g/mol. The van der Waals surface area contributed by atoms with Crippen LogP contribution in [-0.4, -0.2) is 37.6 Å². The van der Waals surface area contributed by atoms with E-state index in [-0.39, 0.29) is 15.8 Å². The van der Waals surface area contributed by atoms with Gasteiger partial charge in [0.05, 0.1) is 40.2 Å². The van der Waals surface area contributed by atoms with Crippen LogP contribution in [-0.2, 0) is 0 Å². The Balaban J connectivity index is 2.02. The lowest BCUT2D eigenvalue weighted by atomic mass is 10.3. The van der Waals surface area contributed by atoms with E-state index >= 15 is 0 Å². The van der Waals surface area contributed by atoms with E-state index in [1.165, 1.54) is 5.30 Å². The first kappa shape index (κ1) is 23.4. The van der Waals surface area contributed by atoms with Gasteiger partial charge in [0.15, 0.2) is 0 Å².